The van der Waals surface area contributed by atoms with Crippen LogP contribution in [0.15, 0.2) is 79.0 Å². The van der Waals surface area contributed by atoms with Crippen molar-refractivity contribution in [2.75, 3.05) is 0 Å². The Hall–Kier alpha value is -3.27. The van der Waals surface area contributed by atoms with E-state index in [1.54, 1.807) is 6.20 Å². The molecule has 0 aliphatic carbocycles. The summed E-state index contributed by atoms with van der Waals surface area (Å²) in [6.45, 7) is 2.20. The summed E-state index contributed by atoms with van der Waals surface area (Å²) in [4.78, 5) is 0. The maximum Gasteiger partial charge on any atom is 0.375 e. The zero-order chi connectivity index (χ0) is 17.8. The Morgan fingerprint density at radius 1 is 0.846 bits per heavy atom. The number of benzene rings is 2. The van der Waals surface area contributed by atoms with Gasteiger partial charge >= 0.3 is 5.82 Å². The number of pyridine rings is 1. The van der Waals surface area contributed by atoms with Gasteiger partial charge in [0.05, 0.1) is 5.10 Å². The Kier molecular flexibility index (Phi) is 4.56. The minimum absolute atomic E-state index is 0.812. The van der Waals surface area contributed by atoms with E-state index in [4.69, 9.17) is 0 Å². The van der Waals surface area contributed by atoms with Gasteiger partial charge in [0.1, 0.15) is 17.6 Å². The molecule has 0 saturated heterocycles. The summed E-state index contributed by atoms with van der Waals surface area (Å²) in [7, 11) is 0. The number of H-pyrrole nitrogens is 1. The molecular weight excluding hydrogens is 320 g/mol. The van der Waals surface area contributed by atoms with Crippen molar-refractivity contribution in [3.05, 3.63) is 84.7 Å². The van der Waals surface area contributed by atoms with Crippen LogP contribution in [0.3, 0.4) is 0 Å². The summed E-state index contributed by atoms with van der Waals surface area (Å²) in [6, 6.07) is 25.5. The van der Waals surface area contributed by atoms with Gasteiger partial charge in [-0.25, -0.2) is 0 Å². The van der Waals surface area contributed by atoms with Gasteiger partial charge in [-0.2, -0.15) is 4.57 Å². The van der Waals surface area contributed by atoms with Crippen LogP contribution in [0.5, 0.6) is 0 Å². The number of nitrogens with zero attached hydrogens (tertiary/aromatic N) is 3. The third kappa shape index (κ3) is 3.14. The van der Waals surface area contributed by atoms with Crippen molar-refractivity contribution in [3.8, 4) is 28.2 Å². The number of aromatic amines is 1. The van der Waals surface area contributed by atoms with Gasteiger partial charge in [-0.1, -0.05) is 67.6 Å². The maximum absolute atomic E-state index is 4.34. The molecule has 26 heavy (non-hydrogen) atoms. The molecule has 0 bridgehead atoms. The second-order valence-corrected chi connectivity index (χ2v) is 6.27. The molecule has 0 aliphatic heterocycles. The summed E-state index contributed by atoms with van der Waals surface area (Å²) in [6.07, 6.45) is 3.80. The molecule has 4 rings (SSSR count). The molecule has 1 N–H and O–H groups in total. The average molecular weight is 341 g/mol. The number of nitrogens with one attached hydrogen (secondary N) is 1. The molecule has 4 nitrogen and oxygen atoms in total. The van der Waals surface area contributed by atoms with E-state index in [2.05, 4.69) is 87.6 Å². The lowest BCUT2D eigenvalue weighted by atomic mass is 10.00. The van der Waals surface area contributed by atoms with Crippen LogP contribution in [0, 0.1) is 0 Å². The van der Waals surface area contributed by atoms with Gasteiger partial charge in [-0.15, -0.1) is 10.3 Å². The predicted molar refractivity (Wildman–Crippen MR) is 103 cm³/mol. The van der Waals surface area contributed by atoms with Crippen molar-refractivity contribution in [1.29, 1.82) is 0 Å². The van der Waals surface area contributed by atoms with Crippen LogP contribution < -0.4 is 4.57 Å². The molecular formula is C22H21N4+. The lowest BCUT2D eigenvalue weighted by Gasteiger charge is -2.13. The Bertz CT molecular complexity index is 978. The molecule has 0 aliphatic rings. The number of hydrogen-bond donors (Lipinski definition) is 1. The molecule has 0 spiro atoms. The van der Waals surface area contributed by atoms with Crippen LogP contribution in [-0.4, -0.2) is 15.4 Å². The highest BCUT2D eigenvalue weighted by atomic mass is 15.4. The molecule has 128 valence electrons. The molecule has 2 heterocycles. The van der Waals surface area contributed by atoms with Crippen LogP contribution in [-0.2, 0) is 6.42 Å². The van der Waals surface area contributed by atoms with Gasteiger partial charge in [0.25, 0.3) is 0 Å². The number of rotatable bonds is 5. The van der Waals surface area contributed by atoms with Gasteiger partial charge in [0.15, 0.2) is 0 Å². The highest BCUT2D eigenvalue weighted by Crippen LogP contribution is 2.26. The van der Waals surface area contributed by atoms with E-state index in [0.717, 1.165) is 29.9 Å². The van der Waals surface area contributed by atoms with E-state index in [0.29, 0.717) is 0 Å². The van der Waals surface area contributed by atoms with Crippen molar-refractivity contribution in [2.24, 2.45) is 0 Å². The standard InChI is InChI=1S/C22H21N4/c1-2-9-20-14-19(17-10-5-3-6-11-17)15-21(18-12-7-4-8-13-18)26(20)22-16-23-25-24-22/h3-8,10-16H,2,9H2,1H3,(H,23,24,25)/q+1. The highest BCUT2D eigenvalue weighted by Gasteiger charge is 2.22. The van der Waals surface area contributed by atoms with Crippen LogP contribution in [0.4, 0.5) is 0 Å². The van der Waals surface area contributed by atoms with Crippen molar-refractivity contribution in [1.82, 2.24) is 15.4 Å². The molecule has 2 aromatic carbocycles. The first-order valence-electron chi connectivity index (χ1n) is 8.93. The molecule has 4 aromatic rings. The van der Waals surface area contributed by atoms with Gasteiger partial charge in [0, 0.05) is 12.0 Å². The number of aromatic nitrogens is 4. The molecule has 2 aromatic heterocycles. The van der Waals surface area contributed by atoms with Gasteiger partial charge in [-0.3, -0.25) is 0 Å². The second-order valence-electron chi connectivity index (χ2n) is 6.27. The third-order valence-electron chi connectivity index (χ3n) is 4.46. The molecule has 0 atom stereocenters. The van der Waals surface area contributed by atoms with Crippen molar-refractivity contribution in [3.63, 3.8) is 0 Å². The lowest BCUT2D eigenvalue weighted by Crippen LogP contribution is -2.39. The first kappa shape index (κ1) is 16.2. The SMILES string of the molecule is CCCc1cc(-c2ccccc2)cc(-c2ccccc2)[n+]1-c1cn[nH]n1. The minimum atomic E-state index is 0.812. The van der Waals surface area contributed by atoms with Crippen LogP contribution >= 0.6 is 0 Å². The van der Waals surface area contributed by atoms with E-state index >= 15 is 0 Å². The van der Waals surface area contributed by atoms with Crippen molar-refractivity contribution in [2.45, 2.75) is 19.8 Å². The highest BCUT2D eigenvalue weighted by molar-refractivity contribution is 5.69. The summed E-state index contributed by atoms with van der Waals surface area (Å²) < 4.78 is 2.20. The van der Waals surface area contributed by atoms with Gasteiger partial charge in [0.2, 0.25) is 0 Å². The maximum atomic E-state index is 4.34. The molecule has 0 radical (unpaired) electrons. The fraction of sp³-hybridized carbons (Fsp3) is 0.136. The topological polar surface area (TPSA) is 45.5 Å². The van der Waals surface area contributed by atoms with Crippen molar-refractivity contribution >= 4 is 0 Å². The first-order chi connectivity index (χ1) is 12.9. The summed E-state index contributed by atoms with van der Waals surface area (Å²) in [5.41, 5.74) is 5.93. The fourth-order valence-electron chi connectivity index (χ4n) is 3.28. The van der Waals surface area contributed by atoms with E-state index < -0.39 is 0 Å². The zero-order valence-electron chi connectivity index (χ0n) is 14.8. The number of hydrogen-bond acceptors (Lipinski definition) is 2. The van der Waals surface area contributed by atoms with Gasteiger partial charge < -0.3 is 0 Å². The summed E-state index contributed by atoms with van der Waals surface area (Å²) in [5.74, 6) is 0.812. The smallest absolute Gasteiger partial charge is 0.190 e. The average Bonchev–Trinajstić information content (AvgIpc) is 3.23. The summed E-state index contributed by atoms with van der Waals surface area (Å²) >= 11 is 0. The van der Waals surface area contributed by atoms with Crippen LogP contribution in [0.1, 0.15) is 19.0 Å². The Balaban J connectivity index is 2.00. The third-order valence-corrected chi connectivity index (χ3v) is 4.46. The Morgan fingerprint density at radius 2 is 1.54 bits per heavy atom. The van der Waals surface area contributed by atoms with Gasteiger partial charge in [-0.05, 0) is 29.7 Å². The van der Waals surface area contributed by atoms with E-state index in [1.165, 1.54) is 16.8 Å². The van der Waals surface area contributed by atoms with E-state index in [9.17, 15) is 0 Å². The molecule has 0 fully saturated rings. The quantitative estimate of drug-likeness (QED) is 0.548. The Labute approximate surface area is 153 Å². The zero-order valence-corrected chi connectivity index (χ0v) is 14.8. The normalized spacial score (nSPS) is 10.8. The molecule has 0 amide bonds. The summed E-state index contributed by atoms with van der Waals surface area (Å²) in [5, 5.41) is 11.1. The second kappa shape index (κ2) is 7.31. The largest absolute Gasteiger partial charge is 0.375 e. The van der Waals surface area contributed by atoms with Crippen molar-refractivity contribution < 1.29 is 4.57 Å². The monoisotopic (exact) mass is 341 g/mol. The van der Waals surface area contributed by atoms with Crippen LogP contribution in [0.25, 0.3) is 28.2 Å². The predicted octanol–water partition coefficient (Wildman–Crippen LogP) is 4.37. The minimum Gasteiger partial charge on any atom is -0.190 e. The van der Waals surface area contributed by atoms with E-state index in [-0.39, 0.29) is 0 Å². The number of aryl methyl sites for hydroxylation is 1. The molecule has 0 saturated carbocycles. The molecule has 0 unspecified atom stereocenters. The van der Waals surface area contributed by atoms with E-state index in [1.807, 2.05) is 12.1 Å². The molecule has 4 heteroatoms. The fourth-order valence-corrected chi connectivity index (χ4v) is 3.28. The Morgan fingerprint density at radius 3 is 2.15 bits per heavy atom. The first-order valence-corrected chi connectivity index (χ1v) is 8.93. The van der Waals surface area contributed by atoms with Crippen LogP contribution in [0.2, 0.25) is 0 Å². The lowest BCUT2D eigenvalue weighted by molar-refractivity contribution is -0.596.